The predicted octanol–water partition coefficient (Wildman–Crippen LogP) is 2.88. The Labute approximate surface area is 128 Å². The van der Waals surface area contributed by atoms with Gasteiger partial charge < -0.3 is 14.9 Å². The summed E-state index contributed by atoms with van der Waals surface area (Å²) in [6, 6.07) is 8.28. The van der Waals surface area contributed by atoms with Gasteiger partial charge in [-0.05, 0) is 36.4 Å². The molecule has 0 aliphatic carbocycles. The summed E-state index contributed by atoms with van der Waals surface area (Å²) in [5, 5.41) is 19.4. The van der Waals surface area contributed by atoms with Gasteiger partial charge in [-0.1, -0.05) is 15.9 Å². The zero-order valence-electron chi connectivity index (χ0n) is 11.0. The standard InChI is InChI=1S/C15H11BrO5/c1-21-15(20)11-6-8(2-4-13(11)18)14(19)10-7-9(16)3-5-12(10)17/h2-7,17-18H,1H3. The van der Waals surface area contributed by atoms with Crippen molar-refractivity contribution in [1.82, 2.24) is 0 Å². The zero-order chi connectivity index (χ0) is 15.6. The van der Waals surface area contributed by atoms with Gasteiger partial charge in [0, 0.05) is 10.0 Å². The molecule has 0 heterocycles. The van der Waals surface area contributed by atoms with E-state index in [0.717, 1.165) is 0 Å². The molecule has 0 bridgehead atoms. The number of benzene rings is 2. The fourth-order valence-corrected chi connectivity index (χ4v) is 2.16. The monoisotopic (exact) mass is 350 g/mol. The summed E-state index contributed by atoms with van der Waals surface area (Å²) in [7, 11) is 1.18. The number of ether oxygens (including phenoxy) is 1. The molecule has 0 aromatic heterocycles. The molecule has 0 fully saturated rings. The van der Waals surface area contributed by atoms with Crippen LogP contribution < -0.4 is 0 Å². The van der Waals surface area contributed by atoms with Crippen molar-refractivity contribution in [2.45, 2.75) is 0 Å². The third-order valence-corrected chi connectivity index (χ3v) is 3.36. The lowest BCUT2D eigenvalue weighted by atomic mass is 10.00. The van der Waals surface area contributed by atoms with Crippen molar-refractivity contribution in [2.24, 2.45) is 0 Å². The molecule has 108 valence electrons. The van der Waals surface area contributed by atoms with Crippen LogP contribution in [0.5, 0.6) is 11.5 Å². The second kappa shape index (κ2) is 5.97. The van der Waals surface area contributed by atoms with E-state index < -0.39 is 11.8 Å². The van der Waals surface area contributed by atoms with Crippen molar-refractivity contribution >= 4 is 27.7 Å². The topological polar surface area (TPSA) is 83.8 Å². The summed E-state index contributed by atoms with van der Waals surface area (Å²) in [5.74, 6) is -1.67. The third kappa shape index (κ3) is 3.05. The number of phenols is 2. The average molecular weight is 351 g/mol. The lowest BCUT2D eigenvalue weighted by Crippen LogP contribution is -2.06. The van der Waals surface area contributed by atoms with Crippen LogP contribution >= 0.6 is 15.9 Å². The molecule has 2 aromatic rings. The first-order valence-electron chi connectivity index (χ1n) is 5.88. The first-order valence-corrected chi connectivity index (χ1v) is 6.68. The van der Waals surface area contributed by atoms with Crippen molar-refractivity contribution in [2.75, 3.05) is 7.11 Å². The fraction of sp³-hybridized carbons (Fsp3) is 0.0667. The van der Waals surface area contributed by atoms with Gasteiger partial charge >= 0.3 is 5.97 Å². The number of rotatable bonds is 3. The minimum Gasteiger partial charge on any atom is -0.507 e. The van der Waals surface area contributed by atoms with Crippen LogP contribution in [0.4, 0.5) is 0 Å². The van der Waals surface area contributed by atoms with Crippen molar-refractivity contribution < 1.29 is 24.5 Å². The molecule has 0 aliphatic heterocycles. The number of aromatic hydroxyl groups is 2. The highest BCUT2D eigenvalue weighted by atomic mass is 79.9. The molecule has 2 rings (SSSR count). The molecule has 0 atom stereocenters. The van der Waals surface area contributed by atoms with E-state index in [0.29, 0.717) is 4.47 Å². The summed E-state index contributed by atoms with van der Waals surface area (Å²) in [5.41, 5.74) is 0.130. The smallest absolute Gasteiger partial charge is 0.341 e. The number of ketones is 1. The van der Waals surface area contributed by atoms with Gasteiger partial charge in [0.2, 0.25) is 0 Å². The van der Waals surface area contributed by atoms with Gasteiger partial charge in [-0.15, -0.1) is 0 Å². The molecule has 2 N–H and O–H groups in total. The molecule has 2 aromatic carbocycles. The molecule has 0 saturated carbocycles. The van der Waals surface area contributed by atoms with Crippen LogP contribution in [0.15, 0.2) is 40.9 Å². The molecule has 5 nitrogen and oxygen atoms in total. The lowest BCUT2D eigenvalue weighted by molar-refractivity contribution is 0.0597. The molecule has 0 radical (unpaired) electrons. The van der Waals surface area contributed by atoms with Gasteiger partial charge in [0.1, 0.15) is 17.1 Å². The molecule has 0 saturated heterocycles. The Morgan fingerprint density at radius 2 is 1.62 bits per heavy atom. The van der Waals surface area contributed by atoms with Gasteiger partial charge in [-0.3, -0.25) is 4.79 Å². The van der Waals surface area contributed by atoms with Gasteiger partial charge in [-0.2, -0.15) is 0 Å². The van der Waals surface area contributed by atoms with Crippen molar-refractivity contribution in [3.05, 3.63) is 57.6 Å². The molecule has 0 unspecified atom stereocenters. The molecule has 0 aliphatic rings. The Kier molecular flexibility index (Phi) is 4.28. The molecule has 21 heavy (non-hydrogen) atoms. The van der Waals surface area contributed by atoms with E-state index in [4.69, 9.17) is 0 Å². The van der Waals surface area contributed by atoms with Crippen LogP contribution in [0.2, 0.25) is 0 Å². The maximum absolute atomic E-state index is 12.4. The van der Waals surface area contributed by atoms with E-state index in [1.807, 2.05) is 0 Å². The number of esters is 1. The maximum Gasteiger partial charge on any atom is 0.341 e. The fourth-order valence-electron chi connectivity index (χ4n) is 1.80. The number of hydrogen-bond acceptors (Lipinski definition) is 5. The number of carbonyl (C=O) groups excluding carboxylic acids is 2. The lowest BCUT2D eigenvalue weighted by Gasteiger charge is -2.07. The average Bonchev–Trinajstić information content (AvgIpc) is 2.48. The predicted molar refractivity (Wildman–Crippen MR) is 78.7 cm³/mol. The number of halogens is 1. The minimum absolute atomic E-state index is 0.0888. The number of methoxy groups -OCH3 is 1. The molecule has 0 spiro atoms. The third-order valence-electron chi connectivity index (χ3n) is 2.87. The summed E-state index contributed by atoms with van der Waals surface area (Å²) in [6.07, 6.45) is 0. The van der Waals surface area contributed by atoms with Gasteiger partial charge in [0.15, 0.2) is 5.78 Å². The molecule has 6 heteroatoms. The second-order valence-electron chi connectivity index (χ2n) is 4.21. The number of phenolic OH excluding ortho intramolecular Hbond substituents is 2. The molecular weight excluding hydrogens is 340 g/mol. The number of hydrogen-bond donors (Lipinski definition) is 2. The summed E-state index contributed by atoms with van der Waals surface area (Å²) >= 11 is 3.22. The van der Waals surface area contributed by atoms with E-state index in [-0.39, 0.29) is 28.2 Å². The normalized spacial score (nSPS) is 10.2. The van der Waals surface area contributed by atoms with Crippen molar-refractivity contribution in [3.63, 3.8) is 0 Å². The Bertz CT molecular complexity index is 724. The highest BCUT2D eigenvalue weighted by molar-refractivity contribution is 9.10. The van der Waals surface area contributed by atoms with Crippen LogP contribution in [0.1, 0.15) is 26.3 Å². The first kappa shape index (κ1) is 15.1. The van der Waals surface area contributed by atoms with Gasteiger partial charge in [0.05, 0.1) is 12.7 Å². The van der Waals surface area contributed by atoms with Crippen LogP contribution in [0.3, 0.4) is 0 Å². The Morgan fingerprint density at radius 1 is 1.00 bits per heavy atom. The minimum atomic E-state index is -0.749. The summed E-state index contributed by atoms with van der Waals surface area (Å²) in [4.78, 5) is 23.9. The van der Waals surface area contributed by atoms with E-state index >= 15 is 0 Å². The molecular formula is C15H11BrO5. The molecule has 0 amide bonds. The van der Waals surface area contributed by atoms with E-state index in [1.165, 1.54) is 37.4 Å². The highest BCUT2D eigenvalue weighted by Crippen LogP contribution is 2.26. The van der Waals surface area contributed by atoms with E-state index in [2.05, 4.69) is 20.7 Å². The van der Waals surface area contributed by atoms with Gasteiger partial charge in [0.25, 0.3) is 0 Å². The van der Waals surface area contributed by atoms with Crippen molar-refractivity contribution in [3.8, 4) is 11.5 Å². The number of carbonyl (C=O) groups is 2. The van der Waals surface area contributed by atoms with Gasteiger partial charge in [-0.25, -0.2) is 4.79 Å². The highest BCUT2D eigenvalue weighted by Gasteiger charge is 2.18. The van der Waals surface area contributed by atoms with E-state index in [1.54, 1.807) is 6.07 Å². The second-order valence-corrected chi connectivity index (χ2v) is 5.13. The Hall–Kier alpha value is -2.34. The Balaban J connectivity index is 2.49. The SMILES string of the molecule is COC(=O)c1cc(C(=O)c2cc(Br)ccc2O)ccc1O. The van der Waals surface area contributed by atoms with Crippen molar-refractivity contribution in [1.29, 1.82) is 0 Å². The Morgan fingerprint density at radius 3 is 2.29 bits per heavy atom. The zero-order valence-corrected chi connectivity index (χ0v) is 12.5. The van der Waals surface area contributed by atoms with Crippen LogP contribution in [0, 0.1) is 0 Å². The summed E-state index contributed by atoms with van der Waals surface area (Å²) in [6.45, 7) is 0. The quantitative estimate of drug-likeness (QED) is 0.656. The maximum atomic E-state index is 12.4. The van der Waals surface area contributed by atoms with E-state index in [9.17, 15) is 19.8 Å². The van der Waals surface area contributed by atoms with Crippen LogP contribution in [-0.4, -0.2) is 29.1 Å². The van der Waals surface area contributed by atoms with Crippen LogP contribution in [-0.2, 0) is 4.74 Å². The summed E-state index contributed by atoms with van der Waals surface area (Å²) < 4.78 is 5.17. The first-order chi connectivity index (χ1) is 9.93. The largest absolute Gasteiger partial charge is 0.507 e. The van der Waals surface area contributed by atoms with Crippen LogP contribution in [0.25, 0.3) is 0 Å².